The Morgan fingerprint density at radius 3 is 1.83 bits per heavy atom. The molecule has 4 nitrogen and oxygen atoms in total. The maximum absolute atomic E-state index is 13.5. The van der Waals surface area contributed by atoms with Crippen LogP contribution in [0.15, 0.2) is 77.7 Å². The molecule has 1 heterocycles. The average molecular weight is 511 g/mol. The highest BCUT2D eigenvalue weighted by atomic mass is 32.2. The van der Waals surface area contributed by atoms with Crippen LogP contribution in [-0.2, 0) is 22.7 Å². The topological polar surface area (TPSA) is 40.6 Å². The van der Waals surface area contributed by atoms with Gasteiger partial charge in [-0.25, -0.2) is 17.2 Å². The molecule has 0 N–H and O–H groups in total. The van der Waals surface area contributed by atoms with Gasteiger partial charge in [0, 0.05) is 25.7 Å². The Kier molecular flexibility index (Phi) is 7.14. The lowest BCUT2D eigenvalue weighted by molar-refractivity contribution is -0.137. The van der Waals surface area contributed by atoms with E-state index in [0.717, 1.165) is 29.8 Å². The second-order valence-electron chi connectivity index (χ2n) is 8.43. The zero-order valence-electron chi connectivity index (χ0n) is 18.6. The summed E-state index contributed by atoms with van der Waals surface area (Å²) < 4.78 is 93.6. The molecule has 186 valence electrons. The van der Waals surface area contributed by atoms with Gasteiger partial charge in [0.1, 0.15) is 11.6 Å². The maximum Gasteiger partial charge on any atom is 0.416 e. The number of likely N-dealkylation sites (tertiary alicyclic amines) is 1. The normalized spacial score (nSPS) is 15.8. The Labute approximate surface area is 200 Å². The molecule has 1 aliphatic rings. The van der Waals surface area contributed by atoms with Gasteiger partial charge in [-0.05, 0) is 79.1 Å². The fraction of sp³-hybridized carbons (Fsp3) is 0.280. The lowest BCUT2D eigenvalue weighted by Crippen LogP contribution is -2.47. The number of sulfonamides is 1. The molecule has 0 amide bonds. The van der Waals surface area contributed by atoms with E-state index in [1.165, 1.54) is 52.8 Å². The van der Waals surface area contributed by atoms with Gasteiger partial charge in [0.15, 0.2) is 0 Å². The predicted molar refractivity (Wildman–Crippen MR) is 122 cm³/mol. The lowest BCUT2D eigenvalue weighted by Gasteiger charge is -2.39. The molecule has 1 saturated heterocycles. The van der Waals surface area contributed by atoms with E-state index in [0.29, 0.717) is 38.2 Å². The standard InChI is InChI=1S/C25H23F5N2O2S/c26-20-5-9-22(10-6-20)32(35(33,34)24-11-7-21(27)8-12-24)23-13-15-31(16-14-23)17-18-1-3-19(4-2-18)25(28,29)30/h1-12,23H,13-17H2. The van der Waals surface area contributed by atoms with Crippen molar-refractivity contribution in [2.24, 2.45) is 0 Å². The van der Waals surface area contributed by atoms with Gasteiger partial charge in [0.25, 0.3) is 10.0 Å². The van der Waals surface area contributed by atoms with Crippen molar-refractivity contribution in [1.29, 1.82) is 0 Å². The van der Waals surface area contributed by atoms with Gasteiger partial charge in [0.2, 0.25) is 0 Å². The number of hydrogen-bond acceptors (Lipinski definition) is 3. The first kappa shape index (κ1) is 25.1. The van der Waals surface area contributed by atoms with Crippen molar-refractivity contribution in [2.75, 3.05) is 17.4 Å². The zero-order chi connectivity index (χ0) is 25.2. The van der Waals surface area contributed by atoms with Crippen molar-refractivity contribution in [3.63, 3.8) is 0 Å². The number of rotatable bonds is 6. The first-order valence-corrected chi connectivity index (χ1v) is 12.4. The van der Waals surface area contributed by atoms with Crippen LogP contribution in [0.4, 0.5) is 27.6 Å². The quantitative estimate of drug-likeness (QED) is 0.391. The fourth-order valence-electron chi connectivity index (χ4n) is 4.22. The van der Waals surface area contributed by atoms with Crippen molar-refractivity contribution in [1.82, 2.24) is 4.90 Å². The van der Waals surface area contributed by atoms with Crippen LogP contribution in [0.25, 0.3) is 0 Å². The van der Waals surface area contributed by atoms with Crippen molar-refractivity contribution in [3.8, 4) is 0 Å². The van der Waals surface area contributed by atoms with Crippen LogP contribution < -0.4 is 4.31 Å². The first-order chi connectivity index (χ1) is 16.5. The Balaban J connectivity index is 1.52. The van der Waals surface area contributed by atoms with E-state index in [1.54, 1.807) is 0 Å². The van der Waals surface area contributed by atoms with E-state index in [4.69, 9.17) is 0 Å². The third kappa shape index (κ3) is 5.82. The molecule has 1 aliphatic heterocycles. The Morgan fingerprint density at radius 1 is 0.800 bits per heavy atom. The SMILES string of the molecule is O=S(=O)(c1ccc(F)cc1)N(c1ccc(F)cc1)C1CCN(Cc2ccc(C(F)(F)F)cc2)CC1. The molecule has 3 aromatic rings. The van der Waals surface area contributed by atoms with Crippen LogP contribution in [0.3, 0.4) is 0 Å². The Hall–Kier alpha value is -2.98. The second-order valence-corrected chi connectivity index (χ2v) is 10.2. The number of hydrogen-bond donors (Lipinski definition) is 0. The van der Waals surface area contributed by atoms with Gasteiger partial charge in [-0.1, -0.05) is 12.1 Å². The minimum absolute atomic E-state index is 0.0737. The van der Waals surface area contributed by atoms with Crippen molar-refractivity contribution < 1.29 is 30.4 Å². The summed E-state index contributed by atoms with van der Waals surface area (Å²) in [6.07, 6.45) is -3.48. The Bertz CT molecular complexity index is 1240. The molecule has 10 heteroatoms. The van der Waals surface area contributed by atoms with Crippen LogP contribution >= 0.6 is 0 Å². The number of halogens is 5. The lowest BCUT2D eigenvalue weighted by atomic mass is 10.0. The summed E-state index contributed by atoms with van der Waals surface area (Å²) in [5.74, 6) is -1.06. The largest absolute Gasteiger partial charge is 0.416 e. The minimum Gasteiger partial charge on any atom is -0.299 e. The summed E-state index contributed by atoms with van der Waals surface area (Å²) in [7, 11) is -4.06. The highest BCUT2D eigenvalue weighted by molar-refractivity contribution is 7.92. The molecule has 4 rings (SSSR count). The number of anilines is 1. The third-order valence-corrected chi connectivity index (χ3v) is 7.92. The van der Waals surface area contributed by atoms with Crippen LogP contribution in [0.2, 0.25) is 0 Å². The molecule has 0 radical (unpaired) electrons. The van der Waals surface area contributed by atoms with E-state index in [9.17, 15) is 30.4 Å². The molecule has 35 heavy (non-hydrogen) atoms. The molecule has 0 aliphatic carbocycles. The summed E-state index contributed by atoms with van der Waals surface area (Å²) in [6, 6.07) is 14.2. The van der Waals surface area contributed by atoms with Crippen LogP contribution in [0, 0.1) is 11.6 Å². The van der Waals surface area contributed by atoms with Crippen molar-refractivity contribution >= 4 is 15.7 Å². The zero-order valence-corrected chi connectivity index (χ0v) is 19.4. The molecule has 0 atom stereocenters. The summed E-state index contributed by atoms with van der Waals surface area (Å²) in [4.78, 5) is 1.97. The monoisotopic (exact) mass is 510 g/mol. The number of alkyl halides is 3. The fourth-order valence-corrected chi connectivity index (χ4v) is 5.93. The van der Waals surface area contributed by atoms with E-state index in [1.807, 2.05) is 4.90 Å². The van der Waals surface area contributed by atoms with Crippen LogP contribution in [0.1, 0.15) is 24.0 Å². The molecule has 0 spiro atoms. The molecular formula is C25H23F5N2O2S. The van der Waals surface area contributed by atoms with Crippen LogP contribution in [0.5, 0.6) is 0 Å². The molecule has 0 aromatic heterocycles. The molecule has 0 saturated carbocycles. The summed E-state index contributed by atoms with van der Waals surface area (Å²) >= 11 is 0. The molecule has 0 unspecified atom stereocenters. The van der Waals surface area contributed by atoms with E-state index in [-0.39, 0.29) is 4.90 Å². The van der Waals surface area contributed by atoms with Gasteiger partial charge in [0.05, 0.1) is 16.1 Å². The highest BCUT2D eigenvalue weighted by Gasteiger charge is 2.34. The third-order valence-electron chi connectivity index (χ3n) is 6.03. The van der Waals surface area contributed by atoms with Crippen molar-refractivity contribution in [2.45, 2.75) is 36.5 Å². The van der Waals surface area contributed by atoms with E-state index in [2.05, 4.69) is 0 Å². The summed E-state index contributed by atoms with van der Waals surface area (Å²) in [5.41, 5.74) is 0.323. The van der Waals surface area contributed by atoms with Gasteiger partial charge in [-0.15, -0.1) is 0 Å². The van der Waals surface area contributed by atoms with Crippen molar-refractivity contribution in [3.05, 3.63) is 95.6 Å². The first-order valence-electron chi connectivity index (χ1n) is 11.0. The minimum atomic E-state index is -4.39. The van der Waals surface area contributed by atoms with E-state index < -0.39 is 39.4 Å². The Morgan fingerprint density at radius 2 is 1.31 bits per heavy atom. The predicted octanol–water partition coefficient (Wildman–Crippen LogP) is 5.84. The molecule has 3 aromatic carbocycles. The molecular weight excluding hydrogens is 487 g/mol. The average Bonchev–Trinajstić information content (AvgIpc) is 2.82. The van der Waals surface area contributed by atoms with Gasteiger partial charge < -0.3 is 0 Å². The van der Waals surface area contributed by atoms with E-state index >= 15 is 0 Å². The van der Waals surface area contributed by atoms with Gasteiger partial charge >= 0.3 is 6.18 Å². The summed E-state index contributed by atoms with van der Waals surface area (Å²) in [5, 5.41) is 0. The number of nitrogens with zero attached hydrogens (tertiary/aromatic N) is 2. The van der Waals surface area contributed by atoms with Gasteiger partial charge in [-0.3, -0.25) is 9.21 Å². The number of benzene rings is 3. The maximum atomic E-state index is 13.5. The van der Waals surface area contributed by atoms with Gasteiger partial charge in [-0.2, -0.15) is 13.2 Å². The second kappa shape index (κ2) is 9.94. The smallest absolute Gasteiger partial charge is 0.299 e. The van der Waals surface area contributed by atoms with Crippen LogP contribution in [-0.4, -0.2) is 32.4 Å². The highest BCUT2D eigenvalue weighted by Crippen LogP contribution is 2.32. The summed E-state index contributed by atoms with van der Waals surface area (Å²) in [6.45, 7) is 1.47. The molecule has 1 fully saturated rings. The molecule has 0 bridgehead atoms. The number of piperidine rings is 1.